The fraction of sp³-hybridized carbons (Fsp3) is 0.467. The van der Waals surface area contributed by atoms with Crippen molar-refractivity contribution in [2.45, 2.75) is 40.7 Å². The zero-order chi connectivity index (χ0) is 15.5. The lowest BCUT2D eigenvalue weighted by molar-refractivity contribution is -0.143. The summed E-state index contributed by atoms with van der Waals surface area (Å²) in [6.07, 6.45) is -0.309. The molecule has 0 unspecified atom stereocenters. The van der Waals surface area contributed by atoms with Crippen LogP contribution in [0.25, 0.3) is 0 Å². The van der Waals surface area contributed by atoms with Crippen molar-refractivity contribution in [3.63, 3.8) is 0 Å². The molecule has 0 heterocycles. The molecule has 1 aromatic rings. The van der Waals surface area contributed by atoms with Gasteiger partial charge in [-0.3, -0.25) is 4.79 Å². The van der Waals surface area contributed by atoms with Crippen LogP contribution in [-0.2, 0) is 9.53 Å². The molecule has 5 heteroatoms. The molecule has 110 valence electrons. The van der Waals surface area contributed by atoms with E-state index in [9.17, 15) is 14.7 Å². The summed E-state index contributed by atoms with van der Waals surface area (Å²) in [6.45, 7) is 8.55. The zero-order valence-corrected chi connectivity index (χ0v) is 12.4. The molecule has 0 spiro atoms. The maximum atomic E-state index is 11.9. The quantitative estimate of drug-likeness (QED) is 0.680. The van der Waals surface area contributed by atoms with Crippen LogP contribution in [-0.4, -0.2) is 23.1 Å². The molecule has 0 aromatic heterocycles. The van der Waals surface area contributed by atoms with Crippen molar-refractivity contribution in [3.05, 3.63) is 23.8 Å². The van der Waals surface area contributed by atoms with Crippen LogP contribution in [0.15, 0.2) is 18.2 Å². The second-order valence-corrected chi connectivity index (χ2v) is 5.77. The number of rotatable bonds is 3. The number of benzene rings is 1. The molecule has 0 aliphatic rings. The summed E-state index contributed by atoms with van der Waals surface area (Å²) in [6, 6.07) is 3.93. The van der Waals surface area contributed by atoms with Gasteiger partial charge >= 0.3 is 11.9 Å². The van der Waals surface area contributed by atoms with Gasteiger partial charge in [0.2, 0.25) is 0 Å². The third kappa shape index (κ3) is 4.26. The fourth-order valence-electron chi connectivity index (χ4n) is 1.30. The maximum absolute atomic E-state index is 11.9. The third-order valence-corrected chi connectivity index (χ3v) is 2.34. The summed E-state index contributed by atoms with van der Waals surface area (Å²) in [5.74, 6) is -1.14. The molecule has 0 aliphatic carbocycles. The summed E-state index contributed by atoms with van der Waals surface area (Å²) < 4.78 is 10.3. The molecule has 1 aromatic carbocycles. The summed E-state index contributed by atoms with van der Waals surface area (Å²) >= 11 is 0. The van der Waals surface area contributed by atoms with Crippen LogP contribution in [0.3, 0.4) is 0 Å². The summed E-state index contributed by atoms with van der Waals surface area (Å²) in [7, 11) is 0. The smallest absolute Gasteiger partial charge is 0.342 e. The second kappa shape index (κ2) is 5.94. The number of phenolic OH excluding ortho intramolecular Hbond substituents is 1. The van der Waals surface area contributed by atoms with Crippen LogP contribution in [0.2, 0.25) is 0 Å². The van der Waals surface area contributed by atoms with Crippen molar-refractivity contribution in [2.75, 3.05) is 0 Å². The van der Waals surface area contributed by atoms with Crippen LogP contribution in [0.5, 0.6) is 11.5 Å². The molecule has 0 saturated heterocycles. The monoisotopic (exact) mass is 280 g/mol. The van der Waals surface area contributed by atoms with Gasteiger partial charge in [-0.1, -0.05) is 0 Å². The Hall–Kier alpha value is -2.04. The number of hydrogen-bond donors (Lipinski definition) is 1. The van der Waals surface area contributed by atoms with Crippen molar-refractivity contribution in [1.82, 2.24) is 0 Å². The Morgan fingerprint density at radius 2 is 1.80 bits per heavy atom. The van der Waals surface area contributed by atoms with Gasteiger partial charge in [-0.15, -0.1) is 0 Å². The minimum absolute atomic E-state index is 0.0244. The summed E-state index contributed by atoms with van der Waals surface area (Å²) in [5.41, 5.74) is -0.673. The van der Waals surface area contributed by atoms with Crippen molar-refractivity contribution in [3.8, 4) is 11.5 Å². The molecule has 0 amide bonds. The van der Waals surface area contributed by atoms with Crippen LogP contribution >= 0.6 is 0 Å². The van der Waals surface area contributed by atoms with Gasteiger partial charge in [-0.05, 0) is 52.8 Å². The van der Waals surface area contributed by atoms with Crippen molar-refractivity contribution < 1.29 is 24.2 Å². The predicted molar refractivity (Wildman–Crippen MR) is 73.7 cm³/mol. The average Bonchev–Trinajstić information content (AvgIpc) is 2.29. The minimum atomic E-state index is -0.697. The van der Waals surface area contributed by atoms with Gasteiger partial charge < -0.3 is 14.6 Å². The van der Waals surface area contributed by atoms with Gasteiger partial charge in [0.15, 0.2) is 0 Å². The van der Waals surface area contributed by atoms with E-state index in [2.05, 4.69) is 0 Å². The molecule has 1 N–H and O–H groups in total. The largest absolute Gasteiger partial charge is 0.508 e. The number of esters is 2. The van der Waals surface area contributed by atoms with Gasteiger partial charge in [0, 0.05) is 0 Å². The van der Waals surface area contributed by atoms with E-state index in [-0.39, 0.29) is 23.2 Å². The van der Waals surface area contributed by atoms with Crippen LogP contribution in [0, 0.1) is 5.41 Å². The highest BCUT2D eigenvalue weighted by molar-refractivity contribution is 5.94. The van der Waals surface area contributed by atoms with Crippen molar-refractivity contribution in [1.29, 1.82) is 0 Å². The topological polar surface area (TPSA) is 72.8 Å². The molecule has 1 rings (SSSR count). The number of hydrogen-bond acceptors (Lipinski definition) is 5. The lowest BCUT2D eigenvalue weighted by Crippen LogP contribution is -2.26. The van der Waals surface area contributed by atoms with Gasteiger partial charge in [-0.25, -0.2) is 4.79 Å². The first-order chi connectivity index (χ1) is 9.11. The minimum Gasteiger partial charge on any atom is -0.508 e. The van der Waals surface area contributed by atoms with Crippen LogP contribution in [0.4, 0.5) is 0 Å². The van der Waals surface area contributed by atoms with E-state index in [0.717, 1.165) is 0 Å². The Balaban J connectivity index is 3.08. The van der Waals surface area contributed by atoms with E-state index >= 15 is 0 Å². The molecular weight excluding hydrogens is 260 g/mol. The Morgan fingerprint density at radius 1 is 1.20 bits per heavy atom. The Kier molecular flexibility index (Phi) is 4.76. The molecule has 20 heavy (non-hydrogen) atoms. The highest BCUT2D eigenvalue weighted by atomic mass is 16.6. The van der Waals surface area contributed by atoms with E-state index in [4.69, 9.17) is 9.47 Å². The van der Waals surface area contributed by atoms with E-state index in [1.165, 1.54) is 18.2 Å². The first kappa shape index (κ1) is 16.0. The predicted octanol–water partition coefficient (Wildman–Crippen LogP) is 2.91. The van der Waals surface area contributed by atoms with Crippen molar-refractivity contribution >= 4 is 11.9 Å². The third-order valence-electron chi connectivity index (χ3n) is 2.34. The Morgan fingerprint density at radius 3 is 2.30 bits per heavy atom. The first-order valence-corrected chi connectivity index (χ1v) is 6.37. The molecule has 5 nitrogen and oxygen atoms in total. The highest BCUT2D eigenvalue weighted by Gasteiger charge is 2.26. The van der Waals surface area contributed by atoms with E-state index in [1.807, 2.05) is 0 Å². The van der Waals surface area contributed by atoms with E-state index < -0.39 is 17.4 Å². The molecule has 0 radical (unpaired) electrons. The molecule has 0 atom stereocenters. The molecular formula is C15H20O5. The summed E-state index contributed by atoms with van der Waals surface area (Å²) in [5, 5.41) is 9.47. The van der Waals surface area contributed by atoms with Crippen LogP contribution in [0.1, 0.15) is 45.0 Å². The van der Waals surface area contributed by atoms with Crippen LogP contribution < -0.4 is 4.74 Å². The standard InChI is InChI=1S/C15H20O5/c1-9(2)19-13(17)11-8-10(16)6-7-12(11)20-14(18)15(3,4)5/h6-9,16H,1-5H3. The molecule has 0 bridgehead atoms. The van der Waals surface area contributed by atoms with Gasteiger partial charge in [0.1, 0.15) is 17.1 Å². The first-order valence-electron chi connectivity index (χ1n) is 6.37. The van der Waals surface area contributed by atoms with Crippen molar-refractivity contribution in [2.24, 2.45) is 5.41 Å². The Bertz CT molecular complexity index is 511. The average molecular weight is 280 g/mol. The van der Waals surface area contributed by atoms with E-state index in [1.54, 1.807) is 34.6 Å². The lowest BCUT2D eigenvalue weighted by atomic mass is 9.97. The molecule has 0 fully saturated rings. The van der Waals surface area contributed by atoms with Gasteiger partial charge in [-0.2, -0.15) is 0 Å². The number of carbonyl (C=O) groups is 2. The molecule has 0 aliphatic heterocycles. The number of aromatic hydroxyl groups is 1. The SMILES string of the molecule is CC(C)OC(=O)c1cc(O)ccc1OC(=O)C(C)(C)C. The maximum Gasteiger partial charge on any atom is 0.342 e. The fourth-order valence-corrected chi connectivity index (χ4v) is 1.30. The normalized spacial score (nSPS) is 11.3. The second-order valence-electron chi connectivity index (χ2n) is 5.77. The highest BCUT2D eigenvalue weighted by Crippen LogP contribution is 2.27. The van der Waals surface area contributed by atoms with E-state index in [0.29, 0.717) is 0 Å². The number of ether oxygens (including phenoxy) is 2. The van der Waals surface area contributed by atoms with Gasteiger partial charge in [0.25, 0.3) is 0 Å². The number of carbonyl (C=O) groups excluding carboxylic acids is 2. The molecule has 0 saturated carbocycles. The van der Waals surface area contributed by atoms with Gasteiger partial charge in [0.05, 0.1) is 11.5 Å². The lowest BCUT2D eigenvalue weighted by Gasteiger charge is -2.18. The number of phenols is 1. The summed E-state index contributed by atoms with van der Waals surface area (Å²) in [4.78, 5) is 23.8. The zero-order valence-electron chi connectivity index (χ0n) is 12.4. The Labute approximate surface area is 118 Å².